The fourth-order valence-electron chi connectivity index (χ4n) is 1.10. The third-order valence-corrected chi connectivity index (χ3v) is 1.74. The smallest absolute Gasteiger partial charge is 0.0897 e. The van der Waals surface area contributed by atoms with Crippen molar-refractivity contribution in [2.45, 2.75) is 32.0 Å². The molecule has 0 spiro atoms. The van der Waals surface area contributed by atoms with E-state index in [4.69, 9.17) is 4.74 Å². The van der Waals surface area contributed by atoms with Crippen molar-refractivity contribution in [3.63, 3.8) is 0 Å². The van der Waals surface area contributed by atoms with Crippen molar-refractivity contribution in [2.75, 3.05) is 26.8 Å². The summed E-state index contributed by atoms with van der Waals surface area (Å²) in [5.41, 5.74) is 0. The molecular weight excluding hydrogens is 170 g/mol. The van der Waals surface area contributed by atoms with Crippen LogP contribution in [0.15, 0.2) is 0 Å². The Balaban J connectivity index is 3.23. The molecule has 13 heavy (non-hydrogen) atoms. The molecular formula is C9H21NO3. The molecule has 0 rings (SSSR count). The Bertz CT molecular complexity index is 99.0. The summed E-state index contributed by atoms with van der Waals surface area (Å²) in [6.45, 7) is 3.36. The summed E-state index contributed by atoms with van der Waals surface area (Å²) in [5.74, 6) is 0. The van der Waals surface area contributed by atoms with E-state index in [0.717, 1.165) is 12.8 Å². The summed E-state index contributed by atoms with van der Waals surface area (Å²) < 4.78 is 4.76. The molecule has 0 aromatic heterocycles. The molecule has 80 valence electrons. The maximum atomic E-state index is 9.32. The maximum absolute atomic E-state index is 9.32. The first-order valence-electron chi connectivity index (χ1n) is 4.76. The topological polar surface area (TPSA) is 61.7 Å². The molecule has 2 atom stereocenters. The second-order valence-electron chi connectivity index (χ2n) is 3.21. The highest BCUT2D eigenvalue weighted by atomic mass is 16.5. The molecule has 0 bridgehead atoms. The number of nitrogens with one attached hydrogen (secondary N) is 1. The highest BCUT2D eigenvalue weighted by Crippen LogP contribution is 1.93. The van der Waals surface area contributed by atoms with Gasteiger partial charge in [-0.25, -0.2) is 0 Å². The van der Waals surface area contributed by atoms with Gasteiger partial charge in [-0.3, -0.25) is 0 Å². The van der Waals surface area contributed by atoms with Crippen molar-refractivity contribution < 1.29 is 14.9 Å². The monoisotopic (exact) mass is 191 g/mol. The summed E-state index contributed by atoms with van der Waals surface area (Å²) in [5, 5.41) is 21.5. The second-order valence-corrected chi connectivity index (χ2v) is 3.21. The quantitative estimate of drug-likeness (QED) is 0.495. The average Bonchev–Trinajstić information content (AvgIpc) is 2.05. The van der Waals surface area contributed by atoms with E-state index in [1.54, 1.807) is 7.11 Å². The zero-order valence-electron chi connectivity index (χ0n) is 8.49. The first-order valence-corrected chi connectivity index (χ1v) is 4.76. The Kier molecular flexibility index (Phi) is 8.33. The molecule has 0 radical (unpaired) electrons. The van der Waals surface area contributed by atoms with Crippen molar-refractivity contribution in [2.24, 2.45) is 0 Å². The minimum Gasteiger partial charge on any atom is -0.392 e. The molecule has 0 saturated heterocycles. The normalized spacial score (nSPS) is 15.7. The summed E-state index contributed by atoms with van der Waals surface area (Å²) in [7, 11) is 1.55. The highest BCUT2D eigenvalue weighted by molar-refractivity contribution is 4.62. The lowest BCUT2D eigenvalue weighted by molar-refractivity contribution is 0.0613. The first-order chi connectivity index (χ1) is 6.20. The third kappa shape index (κ3) is 8.18. The van der Waals surface area contributed by atoms with Gasteiger partial charge >= 0.3 is 0 Å². The van der Waals surface area contributed by atoms with Crippen molar-refractivity contribution >= 4 is 0 Å². The van der Waals surface area contributed by atoms with Gasteiger partial charge in [0.05, 0.1) is 18.8 Å². The molecule has 3 N–H and O–H groups in total. The van der Waals surface area contributed by atoms with Crippen molar-refractivity contribution in [3.8, 4) is 0 Å². The van der Waals surface area contributed by atoms with E-state index in [0.29, 0.717) is 19.7 Å². The van der Waals surface area contributed by atoms with Gasteiger partial charge in [0.2, 0.25) is 0 Å². The van der Waals surface area contributed by atoms with Gasteiger partial charge in [-0.05, 0) is 6.42 Å². The zero-order chi connectivity index (χ0) is 10.1. The fraction of sp³-hybridized carbons (Fsp3) is 1.00. The Hall–Kier alpha value is -0.160. The lowest BCUT2D eigenvalue weighted by Gasteiger charge is -2.13. The van der Waals surface area contributed by atoms with Crippen molar-refractivity contribution in [1.82, 2.24) is 5.32 Å². The minimum atomic E-state index is -0.487. The number of hydrogen-bond acceptors (Lipinski definition) is 4. The van der Waals surface area contributed by atoms with E-state index in [-0.39, 0.29) is 6.10 Å². The second kappa shape index (κ2) is 8.44. The van der Waals surface area contributed by atoms with Gasteiger partial charge in [0, 0.05) is 20.2 Å². The fourth-order valence-corrected chi connectivity index (χ4v) is 1.10. The van der Waals surface area contributed by atoms with E-state index in [1.807, 2.05) is 6.92 Å². The Morgan fingerprint density at radius 1 is 1.23 bits per heavy atom. The van der Waals surface area contributed by atoms with E-state index >= 15 is 0 Å². The number of hydrogen-bond donors (Lipinski definition) is 3. The lowest BCUT2D eigenvalue weighted by Crippen LogP contribution is -2.35. The molecule has 0 fully saturated rings. The summed E-state index contributed by atoms with van der Waals surface area (Å²) >= 11 is 0. The Morgan fingerprint density at radius 2 is 1.85 bits per heavy atom. The molecule has 0 heterocycles. The van der Waals surface area contributed by atoms with Gasteiger partial charge in [-0.2, -0.15) is 0 Å². The molecule has 2 unspecified atom stereocenters. The van der Waals surface area contributed by atoms with E-state index in [1.165, 1.54) is 0 Å². The zero-order valence-corrected chi connectivity index (χ0v) is 8.49. The minimum absolute atomic E-state index is 0.306. The molecule has 0 amide bonds. The largest absolute Gasteiger partial charge is 0.392 e. The van der Waals surface area contributed by atoms with E-state index < -0.39 is 6.10 Å². The van der Waals surface area contributed by atoms with Gasteiger partial charge in [0.15, 0.2) is 0 Å². The predicted octanol–water partition coefficient (Wildman–Crippen LogP) is -0.256. The molecule has 4 nitrogen and oxygen atoms in total. The van der Waals surface area contributed by atoms with Crippen LogP contribution in [-0.4, -0.2) is 49.2 Å². The molecule has 0 aliphatic carbocycles. The van der Waals surface area contributed by atoms with Gasteiger partial charge in [0.1, 0.15) is 0 Å². The van der Waals surface area contributed by atoms with Gasteiger partial charge < -0.3 is 20.3 Å². The summed E-state index contributed by atoms with van der Waals surface area (Å²) in [6, 6.07) is 0. The van der Waals surface area contributed by atoms with Crippen LogP contribution in [0.2, 0.25) is 0 Å². The number of aliphatic hydroxyl groups is 2. The summed E-state index contributed by atoms with van der Waals surface area (Å²) in [6.07, 6.45) is 0.982. The van der Waals surface area contributed by atoms with Gasteiger partial charge in [-0.1, -0.05) is 13.3 Å². The van der Waals surface area contributed by atoms with Crippen LogP contribution >= 0.6 is 0 Å². The molecule has 0 aliphatic heterocycles. The molecule has 4 heteroatoms. The molecule has 0 aromatic rings. The van der Waals surface area contributed by atoms with Crippen LogP contribution in [0, 0.1) is 0 Å². The van der Waals surface area contributed by atoms with Crippen LogP contribution in [0.5, 0.6) is 0 Å². The van der Waals surface area contributed by atoms with Crippen LogP contribution in [0.4, 0.5) is 0 Å². The number of aliphatic hydroxyl groups excluding tert-OH is 2. The van der Waals surface area contributed by atoms with Crippen LogP contribution in [0.25, 0.3) is 0 Å². The number of methoxy groups -OCH3 is 1. The lowest BCUT2D eigenvalue weighted by atomic mass is 10.2. The molecule has 0 aromatic carbocycles. The van der Waals surface area contributed by atoms with Gasteiger partial charge in [-0.15, -0.1) is 0 Å². The van der Waals surface area contributed by atoms with Crippen LogP contribution in [0.3, 0.4) is 0 Å². The van der Waals surface area contributed by atoms with Crippen molar-refractivity contribution in [1.29, 1.82) is 0 Å². The Labute approximate surface area is 79.9 Å². The van der Waals surface area contributed by atoms with Crippen LogP contribution in [-0.2, 0) is 4.74 Å². The number of ether oxygens (including phenoxy) is 1. The van der Waals surface area contributed by atoms with Gasteiger partial charge in [0.25, 0.3) is 0 Å². The van der Waals surface area contributed by atoms with Crippen molar-refractivity contribution in [3.05, 3.63) is 0 Å². The van der Waals surface area contributed by atoms with Crippen LogP contribution < -0.4 is 5.32 Å². The SMILES string of the molecule is CCCC(O)CNCC(O)COC. The maximum Gasteiger partial charge on any atom is 0.0897 e. The number of rotatable bonds is 8. The highest BCUT2D eigenvalue weighted by Gasteiger charge is 2.05. The molecule has 0 saturated carbocycles. The third-order valence-electron chi connectivity index (χ3n) is 1.74. The Morgan fingerprint density at radius 3 is 2.38 bits per heavy atom. The first kappa shape index (κ1) is 12.8. The van der Waals surface area contributed by atoms with E-state index in [2.05, 4.69) is 5.32 Å². The average molecular weight is 191 g/mol. The molecule has 0 aliphatic rings. The van der Waals surface area contributed by atoms with E-state index in [9.17, 15) is 10.2 Å². The predicted molar refractivity (Wildman–Crippen MR) is 51.7 cm³/mol. The van der Waals surface area contributed by atoms with Crippen LogP contribution in [0.1, 0.15) is 19.8 Å². The summed E-state index contributed by atoms with van der Waals surface area (Å²) in [4.78, 5) is 0. The standard InChI is InChI=1S/C9H21NO3/c1-3-4-8(11)5-10-6-9(12)7-13-2/h8-12H,3-7H2,1-2H3.